The standard InChI is InChI=1S/C11H8S/c1-2-3-9-4-5-11-10(8-9)6-7-12-11/h1,4-8H,3H2. The summed E-state index contributed by atoms with van der Waals surface area (Å²) in [7, 11) is 0. The molecule has 1 aromatic carbocycles. The lowest BCUT2D eigenvalue weighted by Gasteiger charge is -1.94. The topological polar surface area (TPSA) is 0 Å². The quantitative estimate of drug-likeness (QED) is 0.580. The second kappa shape index (κ2) is 3.00. The summed E-state index contributed by atoms with van der Waals surface area (Å²) in [6, 6.07) is 8.51. The van der Waals surface area contributed by atoms with Gasteiger partial charge in [-0.1, -0.05) is 6.07 Å². The Labute approximate surface area is 75.8 Å². The van der Waals surface area contributed by atoms with Crippen LogP contribution >= 0.6 is 11.3 Å². The van der Waals surface area contributed by atoms with Gasteiger partial charge in [0, 0.05) is 11.1 Å². The van der Waals surface area contributed by atoms with Crippen LogP contribution in [0.4, 0.5) is 0 Å². The molecule has 0 N–H and O–H groups in total. The first kappa shape index (κ1) is 7.39. The van der Waals surface area contributed by atoms with Crippen molar-refractivity contribution >= 4 is 21.4 Å². The molecule has 0 atom stereocenters. The van der Waals surface area contributed by atoms with Crippen LogP contribution in [0.1, 0.15) is 5.56 Å². The van der Waals surface area contributed by atoms with E-state index >= 15 is 0 Å². The van der Waals surface area contributed by atoms with E-state index in [0.717, 1.165) is 6.42 Å². The predicted molar refractivity (Wildman–Crippen MR) is 54.4 cm³/mol. The first-order chi connectivity index (χ1) is 5.90. The molecule has 2 rings (SSSR count). The number of terminal acetylenes is 1. The normalized spacial score (nSPS) is 9.92. The summed E-state index contributed by atoms with van der Waals surface area (Å²) in [6.45, 7) is 0. The summed E-state index contributed by atoms with van der Waals surface area (Å²) >= 11 is 1.76. The molecule has 1 heterocycles. The zero-order valence-corrected chi connectivity index (χ0v) is 7.40. The van der Waals surface area contributed by atoms with Gasteiger partial charge in [-0.15, -0.1) is 23.7 Å². The average molecular weight is 172 g/mol. The van der Waals surface area contributed by atoms with Crippen LogP contribution in [0.25, 0.3) is 10.1 Å². The molecule has 0 aliphatic rings. The van der Waals surface area contributed by atoms with Crippen molar-refractivity contribution in [2.45, 2.75) is 6.42 Å². The van der Waals surface area contributed by atoms with Gasteiger partial charge < -0.3 is 0 Å². The van der Waals surface area contributed by atoms with Gasteiger partial charge in [0.15, 0.2) is 0 Å². The van der Waals surface area contributed by atoms with E-state index in [9.17, 15) is 0 Å². The lowest BCUT2D eigenvalue weighted by Crippen LogP contribution is -1.78. The van der Waals surface area contributed by atoms with Crippen LogP contribution in [-0.4, -0.2) is 0 Å². The maximum absolute atomic E-state index is 5.23. The minimum Gasteiger partial charge on any atom is -0.144 e. The van der Waals surface area contributed by atoms with Crippen molar-refractivity contribution in [3.05, 3.63) is 35.2 Å². The van der Waals surface area contributed by atoms with Gasteiger partial charge in [0.2, 0.25) is 0 Å². The van der Waals surface area contributed by atoms with Crippen LogP contribution in [0, 0.1) is 12.3 Å². The fourth-order valence-corrected chi connectivity index (χ4v) is 2.01. The second-order valence-corrected chi connectivity index (χ2v) is 3.62. The lowest BCUT2D eigenvalue weighted by molar-refractivity contribution is 1.34. The Morgan fingerprint density at radius 2 is 2.25 bits per heavy atom. The van der Waals surface area contributed by atoms with Gasteiger partial charge >= 0.3 is 0 Å². The molecule has 0 spiro atoms. The van der Waals surface area contributed by atoms with Crippen molar-refractivity contribution < 1.29 is 0 Å². The zero-order valence-electron chi connectivity index (χ0n) is 6.58. The highest BCUT2D eigenvalue weighted by Crippen LogP contribution is 2.21. The third kappa shape index (κ3) is 1.22. The van der Waals surface area contributed by atoms with Crippen molar-refractivity contribution in [3.63, 3.8) is 0 Å². The minimum absolute atomic E-state index is 0.728. The molecule has 1 aromatic heterocycles. The molecule has 0 unspecified atom stereocenters. The van der Waals surface area contributed by atoms with E-state index < -0.39 is 0 Å². The highest BCUT2D eigenvalue weighted by molar-refractivity contribution is 7.17. The Balaban J connectivity index is 2.54. The van der Waals surface area contributed by atoms with Gasteiger partial charge in [0.1, 0.15) is 0 Å². The van der Waals surface area contributed by atoms with Gasteiger partial charge in [0.25, 0.3) is 0 Å². The van der Waals surface area contributed by atoms with E-state index in [0.29, 0.717) is 0 Å². The summed E-state index contributed by atoms with van der Waals surface area (Å²) < 4.78 is 1.33. The Bertz CT molecular complexity index is 431. The van der Waals surface area contributed by atoms with Crippen molar-refractivity contribution in [2.75, 3.05) is 0 Å². The number of hydrogen-bond acceptors (Lipinski definition) is 1. The molecule has 0 aliphatic carbocycles. The maximum atomic E-state index is 5.23. The van der Waals surface area contributed by atoms with Crippen molar-refractivity contribution in [1.82, 2.24) is 0 Å². The number of benzene rings is 1. The largest absolute Gasteiger partial charge is 0.144 e. The smallest absolute Gasteiger partial charge is 0.0342 e. The van der Waals surface area contributed by atoms with E-state index in [1.54, 1.807) is 11.3 Å². The summed E-state index contributed by atoms with van der Waals surface area (Å²) in [6.07, 6.45) is 5.96. The Morgan fingerprint density at radius 1 is 1.33 bits per heavy atom. The fraction of sp³-hybridized carbons (Fsp3) is 0.0909. The molecule has 1 heteroatoms. The highest BCUT2D eigenvalue weighted by atomic mass is 32.1. The highest BCUT2D eigenvalue weighted by Gasteiger charge is 1.95. The summed E-state index contributed by atoms with van der Waals surface area (Å²) in [5, 5.41) is 3.40. The maximum Gasteiger partial charge on any atom is 0.0342 e. The van der Waals surface area contributed by atoms with Gasteiger partial charge in [-0.25, -0.2) is 0 Å². The van der Waals surface area contributed by atoms with Gasteiger partial charge in [0.05, 0.1) is 0 Å². The molecule has 0 nitrogen and oxygen atoms in total. The molecule has 0 radical (unpaired) electrons. The van der Waals surface area contributed by atoms with Crippen LogP contribution in [-0.2, 0) is 6.42 Å². The summed E-state index contributed by atoms with van der Waals surface area (Å²) in [5.41, 5.74) is 1.23. The number of thiophene rings is 1. The molecular formula is C11H8S. The second-order valence-electron chi connectivity index (χ2n) is 2.67. The van der Waals surface area contributed by atoms with Crippen LogP contribution < -0.4 is 0 Å². The summed E-state index contributed by atoms with van der Waals surface area (Å²) in [4.78, 5) is 0. The molecule has 0 amide bonds. The van der Waals surface area contributed by atoms with E-state index in [1.807, 2.05) is 0 Å². The fourth-order valence-electron chi connectivity index (χ4n) is 1.24. The first-order valence-electron chi connectivity index (χ1n) is 3.80. The van der Waals surface area contributed by atoms with E-state index in [-0.39, 0.29) is 0 Å². The molecule has 0 fully saturated rings. The van der Waals surface area contributed by atoms with Crippen molar-refractivity contribution in [1.29, 1.82) is 0 Å². The van der Waals surface area contributed by atoms with E-state index in [2.05, 4.69) is 35.6 Å². The van der Waals surface area contributed by atoms with E-state index in [4.69, 9.17) is 6.42 Å². The molecule has 0 aliphatic heterocycles. The third-order valence-electron chi connectivity index (χ3n) is 1.82. The lowest BCUT2D eigenvalue weighted by atomic mass is 10.1. The van der Waals surface area contributed by atoms with Crippen LogP contribution in [0.3, 0.4) is 0 Å². The molecule has 2 aromatic rings. The Kier molecular flexibility index (Phi) is 1.85. The monoisotopic (exact) mass is 172 g/mol. The first-order valence-corrected chi connectivity index (χ1v) is 4.68. The van der Waals surface area contributed by atoms with E-state index in [1.165, 1.54) is 15.6 Å². The molecule has 0 bridgehead atoms. The third-order valence-corrected chi connectivity index (χ3v) is 2.72. The van der Waals surface area contributed by atoms with Gasteiger partial charge in [-0.05, 0) is 34.5 Å². The number of fused-ring (bicyclic) bond motifs is 1. The molecular weight excluding hydrogens is 164 g/mol. The van der Waals surface area contributed by atoms with Crippen molar-refractivity contribution in [2.24, 2.45) is 0 Å². The molecule has 0 saturated heterocycles. The van der Waals surface area contributed by atoms with Gasteiger partial charge in [-0.2, -0.15) is 0 Å². The van der Waals surface area contributed by atoms with Crippen LogP contribution in [0.5, 0.6) is 0 Å². The minimum atomic E-state index is 0.728. The van der Waals surface area contributed by atoms with Crippen LogP contribution in [0.15, 0.2) is 29.6 Å². The Hall–Kier alpha value is -1.26. The zero-order chi connectivity index (χ0) is 8.39. The van der Waals surface area contributed by atoms with Crippen LogP contribution in [0.2, 0.25) is 0 Å². The molecule has 0 saturated carbocycles. The number of hydrogen-bond donors (Lipinski definition) is 0. The predicted octanol–water partition coefficient (Wildman–Crippen LogP) is 3.08. The van der Waals surface area contributed by atoms with Crippen molar-refractivity contribution in [3.8, 4) is 12.3 Å². The molecule has 58 valence electrons. The molecule has 12 heavy (non-hydrogen) atoms. The SMILES string of the molecule is C#CCc1ccc2sccc2c1. The average Bonchev–Trinajstić information content (AvgIpc) is 2.51. The number of rotatable bonds is 1. The Morgan fingerprint density at radius 3 is 3.08 bits per heavy atom. The summed E-state index contributed by atoms with van der Waals surface area (Å²) in [5.74, 6) is 2.64. The van der Waals surface area contributed by atoms with Gasteiger partial charge in [-0.3, -0.25) is 0 Å².